The molecule has 1 spiro atoms. The molecule has 2 amide bonds. The van der Waals surface area contributed by atoms with E-state index < -0.39 is 23.0 Å². The number of ether oxygens (including phenoxy) is 1. The molecule has 1 aliphatic carbocycles. The minimum Gasteiger partial charge on any atom is -0.481 e. The van der Waals surface area contributed by atoms with Crippen molar-refractivity contribution in [1.29, 1.82) is 0 Å². The van der Waals surface area contributed by atoms with Crippen LogP contribution in [0.2, 0.25) is 0 Å². The molecule has 12 nitrogen and oxygen atoms in total. The number of aryl methyl sites for hydroxylation is 1. The molecule has 2 N–H and O–H groups in total. The highest BCUT2D eigenvalue weighted by atomic mass is 19.4. The summed E-state index contributed by atoms with van der Waals surface area (Å²) >= 11 is 0. The molecular weight excluding hydrogens is 675 g/mol. The average molecular weight is 720 g/mol. The Labute approximate surface area is 300 Å². The molecule has 15 heteroatoms. The number of likely N-dealkylation sites (tertiary alicyclic amines) is 2. The Bertz CT molecular complexity index is 1860. The molecule has 8 rings (SSSR count). The monoisotopic (exact) mass is 719 g/mol. The number of halogens is 3. The predicted molar refractivity (Wildman–Crippen MR) is 185 cm³/mol. The number of nitrogens with one attached hydrogen (secondary N) is 2. The van der Waals surface area contributed by atoms with E-state index in [0.717, 1.165) is 49.3 Å². The number of hydrogen-bond donors (Lipinski definition) is 2. The zero-order valence-corrected chi connectivity index (χ0v) is 29.4. The Hall–Kier alpha value is -4.34. The summed E-state index contributed by atoms with van der Waals surface area (Å²) in [6.07, 6.45) is 5.25. The van der Waals surface area contributed by atoms with Crippen molar-refractivity contribution in [3.8, 4) is 17.3 Å². The number of amides is 2. The summed E-state index contributed by atoms with van der Waals surface area (Å²) < 4.78 is 47.9. The number of hydrazine groups is 1. The van der Waals surface area contributed by atoms with Crippen molar-refractivity contribution in [3.05, 3.63) is 65.6 Å². The maximum absolute atomic E-state index is 14.1. The van der Waals surface area contributed by atoms with Crippen molar-refractivity contribution in [1.82, 2.24) is 45.3 Å². The van der Waals surface area contributed by atoms with Gasteiger partial charge in [-0.3, -0.25) is 24.6 Å². The third-order valence-corrected chi connectivity index (χ3v) is 11.9. The van der Waals surface area contributed by atoms with Crippen LogP contribution in [0.3, 0.4) is 0 Å². The zero-order valence-electron chi connectivity index (χ0n) is 29.4. The minimum absolute atomic E-state index is 0.000521. The van der Waals surface area contributed by atoms with Crippen LogP contribution in [0.15, 0.2) is 48.9 Å². The van der Waals surface area contributed by atoms with Crippen molar-refractivity contribution >= 4 is 17.4 Å². The van der Waals surface area contributed by atoms with Crippen LogP contribution in [0.1, 0.15) is 61.3 Å². The summed E-state index contributed by atoms with van der Waals surface area (Å²) in [6, 6.07) is 9.07. The first-order valence-corrected chi connectivity index (χ1v) is 18.1. The minimum atomic E-state index is -4.59. The summed E-state index contributed by atoms with van der Waals surface area (Å²) in [5.74, 6) is 0.483. The van der Waals surface area contributed by atoms with E-state index in [-0.39, 0.29) is 35.9 Å². The quantitative estimate of drug-likeness (QED) is 0.376. The normalized spacial score (nSPS) is 28.1. The van der Waals surface area contributed by atoms with Crippen LogP contribution in [0.5, 0.6) is 5.88 Å². The van der Waals surface area contributed by atoms with Crippen LogP contribution in [0.4, 0.5) is 13.2 Å². The molecule has 4 aliphatic heterocycles. The van der Waals surface area contributed by atoms with Gasteiger partial charge in [0.25, 0.3) is 0 Å². The fourth-order valence-electron chi connectivity index (χ4n) is 9.07. The van der Waals surface area contributed by atoms with Gasteiger partial charge in [0.05, 0.1) is 25.1 Å². The van der Waals surface area contributed by atoms with Crippen molar-refractivity contribution in [2.75, 3.05) is 46.4 Å². The summed E-state index contributed by atoms with van der Waals surface area (Å²) in [5, 5.41) is 4.37. The molecule has 4 fully saturated rings. The Morgan fingerprint density at radius 2 is 1.85 bits per heavy atom. The predicted octanol–water partition coefficient (Wildman–Crippen LogP) is 3.83. The third-order valence-electron chi connectivity index (χ3n) is 11.9. The second-order valence-corrected chi connectivity index (χ2v) is 15.0. The SMILES string of the molecule is COc1ncc(C2NNC3CCC(N4CC[C@]5(CCN(CC(=O)N6CC=C(c7ccc(-c8ncn(C)n8)cc7)CC6)C5)C4=O)CC32)cc1C(F)(F)F. The van der Waals surface area contributed by atoms with Crippen LogP contribution >= 0.6 is 0 Å². The van der Waals surface area contributed by atoms with Crippen LogP contribution in [0.25, 0.3) is 17.0 Å². The zero-order chi connectivity index (χ0) is 36.2. The number of carbonyl (C=O) groups excluding carboxylic acids is 2. The van der Waals surface area contributed by atoms with Gasteiger partial charge in [-0.25, -0.2) is 15.4 Å². The number of fused-ring (bicyclic) bond motifs is 1. The Kier molecular flexibility index (Phi) is 9.06. The lowest BCUT2D eigenvalue weighted by Crippen LogP contribution is -2.47. The Morgan fingerprint density at radius 3 is 2.56 bits per heavy atom. The second kappa shape index (κ2) is 13.6. The molecule has 276 valence electrons. The molecule has 1 saturated carbocycles. The fraction of sp³-hybridized carbons (Fsp3) is 0.541. The summed E-state index contributed by atoms with van der Waals surface area (Å²) in [7, 11) is 3.03. The first kappa shape index (κ1) is 34.7. The molecule has 4 unspecified atom stereocenters. The van der Waals surface area contributed by atoms with Crippen molar-refractivity contribution in [2.24, 2.45) is 18.4 Å². The van der Waals surface area contributed by atoms with Crippen LogP contribution < -0.4 is 15.6 Å². The van der Waals surface area contributed by atoms with Gasteiger partial charge in [0.2, 0.25) is 17.7 Å². The summed E-state index contributed by atoms with van der Waals surface area (Å²) in [5.41, 5.74) is 8.89. The number of rotatable bonds is 7. The summed E-state index contributed by atoms with van der Waals surface area (Å²) in [6.45, 7) is 3.44. The smallest absolute Gasteiger partial charge is 0.421 e. The number of hydrogen-bond acceptors (Lipinski definition) is 9. The van der Waals surface area contributed by atoms with Crippen molar-refractivity contribution in [3.63, 3.8) is 0 Å². The topological polar surface area (TPSA) is 121 Å². The largest absolute Gasteiger partial charge is 0.481 e. The Morgan fingerprint density at radius 1 is 1.06 bits per heavy atom. The number of alkyl halides is 3. The molecule has 2 aromatic heterocycles. The van der Waals surface area contributed by atoms with Gasteiger partial charge >= 0.3 is 6.18 Å². The number of carbonyl (C=O) groups is 2. The van der Waals surface area contributed by atoms with Gasteiger partial charge in [-0.15, -0.1) is 0 Å². The van der Waals surface area contributed by atoms with Crippen molar-refractivity contribution in [2.45, 2.75) is 62.8 Å². The lowest BCUT2D eigenvalue weighted by Gasteiger charge is -2.38. The van der Waals surface area contributed by atoms with Gasteiger partial charge < -0.3 is 14.5 Å². The number of aromatic nitrogens is 4. The molecule has 0 radical (unpaired) electrons. The highest BCUT2D eigenvalue weighted by Gasteiger charge is 2.54. The molecule has 52 heavy (non-hydrogen) atoms. The Balaban J connectivity index is 0.859. The maximum atomic E-state index is 14.1. The first-order valence-electron chi connectivity index (χ1n) is 18.1. The molecule has 3 aromatic rings. The molecule has 5 aliphatic rings. The molecular formula is C37H44F3N9O3. The molecule has 5 atom stereocenters. The second-order valence-electron chi connectivity index (χ2n) is 15.0. The lowest BCUT2D eigenvalue weighted by atomic mass is 9.76. The van der Waals surface area contributed by atoms with E-state index in [2.05, 4.69) is 49.0 Å². The van der Waals surface area contributed by atoms with Gasteiger partial charge in [-0.2, -0.15) is 18.3 Å². The van der Waals surface area contributed by atoms with Gasteiger partial charge in [0, 0.05) is 57.1 Å². The number of methoxy groups -OCH3 is 1. The van der Waals surface area contributed by atoms with Gasteiger partial charge in [0.15, 0.2) is 5.82 Å². The van der Waals surface area contributed by atoms with E-state index in [1.807, 2.05) is 29.0 Å². The van der Waals surface area contributed by atoms with Gasteiger partial charge in [0.1, 0.15) is 11.9 Å². The van der Waals surface area contributed by atoms with Gasteiger partial charge in [-0.05, 0) is 73.8 Å². The van der Waals surface area contributed by atoms with E-state index in [1.54, 1.807) is 11.0 Å². The highest BCUT2D eigenvalue weighted by molar-refractivity contribution is 5.86. The van der Waals surface area contributed by atoms with Crippen LogP contribution in [0, 0.1) is 11.3 Å². The highest BCUT2D eigenvalue weighted by Crippen LogP contribution is 2.46. The molecule has 1 aromatic carbocycles. The van der Waals surface area contributed by atoms with E-state index in [9.17, 15) is 22.8 Å². The number of pyridine rings is 1. The third kappa shape index (κ3) is 6.47. The standard InChI is InChI=1S/C37H44F3N9O3/c1-46-22-42-33(45-46)25-5-3-23(4-6-25)24-9-13-48(14-10-24)31(50)20-47-15-11-36(21-47)12-16-49(35(36)51)27-7-8-30-28(18-27)32(44-43-30)26-17-29(37(38,39)40)34(52-2)41-19-26/h3-6,9,17,19,22,27-28,30,32,43-44H,7-8,10-16,18,20-21H2,1-2H3/t27?,28?,30?,32?,36-/m0/s1. The van der Waals surface area contributed by atoms with E-state index >= 15 is 0 Å². The molecule has 0 bridgehead atoms. The van der Waals surface area contributed by atoms with Crippen molar-refractivity contribution < 1.29 is 27.5 Å². The van der Waals surface area contributed by atoms with Crippen LogP contribution in [-0.2, 0) is 22.8 Å². The number of benzene rings is 1. The first-order chi connectivity index (χ1) is 25.0. The van der Waals surface area contributed by atoms with E-state index in [0.29, 0.717) is 57.1 Å². The molecule has 3 saturated heterocycles. The average Bonchev–Trinajstić information content (AvgIpc) is 3.95. The van der Waals surface area contributed by atoms with Gasteiger partial charge in [-0.1, -0.05) is 30.3 Å². The summed E-state index contributed by atoms with van der Waals surface area (Å²) in [4.78, 5) is 41.9. The fourth-order valence-corrected chi connectivity index (χ4v) is 9.07. The number of nitrogens with zero attached hydrogens (tertiary/aromatic N) is 7. The lowest BCUT2D eigenvalue weighted by molar-refractivity contribution is -0.139. The maximum Gasteiger partial charge on any atom is 0.421 e. The van der Waals surface area contributed by atoms with Crippen LogP contribution in [-0.4, -0.2) is 105 Å². The van der Waals surface area contributed by atoms with E-state index in [1.165, 1.54) is 18.9 Å². The molecule has 6 heterocycles. The van der Waals surface area contributed by atoms with E-state index in [4.69, 9.17) is 4.74 Å².